The van der Waals surface area contributed by atoms with Gasteiger partial charge in [-0.1, -0.05) is 46.2 Å². The summed E-state index contributed by atoms with van der Waals surface area (Å²) >= 11 is 5.99. The number of anilines is 1. The number of hydrogen-bond donors (Lipinski definition) is 2. The van der Waals surface area contributed by atoms with Crippen molar-refractivity contribution in [2.24, 2.45) is 10.8 Å². The number of benzene rings is 1. The number of carbonyl (C=O) groups is 1. The summed E-state index contributed by atoms with van der Waals surface area (Å²) in [5, 5.41) is 12.6. The minimum Gasteiger partial charge on any atom is -0.491 e. The molecule has 0 saturated heterocycles. The van der Waals surface area contributed by atoms with Crippen LogP contribution in [-0.2, 0) is 4.79 Å². The summed E-state index contributed by atoms with van der Waals surface area (Å²) in [5.74, 6) is 0.401. The lowest BCUT2D eigenvalue weighted by molar-refractivity contribution is -0.123. The molecule has 0 aliphatic heterocycles. The van der Waals surface area contributed by atoms with Crippen LogP contribution in [0.2, 0.25) is 5.02 Å². The van der Waals surface area contributed by atoms with E-state index in [2.05, 4.69) is 5.32 Å². The number of halogens is 1. The molecule has 1 aromatic rings. The van der Waals surface area contributed by atoms with Gasteiger partial charge in [0.25, 0.3) is 0 Å². The normalized spacial score (nSPS) is 12.1. The van der Waals surface area contributed by atoms with Gasteiger partial charge >= 0.3 is 0 Å². The van der Waals surface area contributed by atoms with Gasteiger partial charge in [0.2, 0.25) is 5.91 Å². The molecule has 0 atom stereocenters. The quantitative estimate of drug-likeness (QED) is 0.871. The Morgan fingerprint density at radius 3 is 2.43 bits per heavy atom. The first-order valence-corrected chi connectivity index (χ1v) is 7.28. The summed E-state index contributed by atoms with van der Waals surface area (Å²) < 4.78 is 5.73. The highest BCUT2D eigenvalue weighted by molar-refractivity contribution is 6.30. The van der Waals surface area contributed by atoms with Crippen molar-refractivity contribution < 1.29 is 14.6 Å². The number of ether oxygens (including phenoxy) is 1. The lowest BCUT2D eigenvalue weighted by Crippen LogP contribution is -2.28. The van der Waals surface area contributed by atoms with Gasteiger partial charge in [-0.15, -0.1) is 0 Å². The van der Waals surface area contributed by atoms with Crippen molar-refractivity contribution in [3.63, 3.8) is 0 Å². The summed E-state index contributed by atoms with van der Waals surface area (Å²) in [6.07, 6.45) is 0. The maximum Gasteiger partial charge on any atom is 0.229 e. The zero-order chi connectivity index (χ0) is 16.3. The molecule has 0 radical (unpaired) electrons. The Hall–Kier alpha value is -1.26. The van der Waals surface area contributed by atoms with E-state index in [1.54, 1.807) is 18.2 Å². The number of rotatable bonds is 5. The average molecular weight is 314 g/mol. The number of amides is 1. The van der Waals surface area contributed by atoms with E-state index in [9.17, 15) is 9.90 Å². The second kappa shape index (κ2) is 6.67. The maximum atomic E-state index is 12.1. The van der Waals surface area contributed by atoms with Crippen LogP contribution in [0.5, 0.6) is 5.75 Å². The van der Waals surface area contributed by atoms with Crippen molar-refractivity contribution >= 4 is 23.2 Å². The molecule has 21 heavy (non-hydrogen) atoms. The van der Waals surface area contributed by atoms with Gasteiger partial charge in [0.1, 0.15) is 5.75 Å². The number of aliphatic hydroxyl groups is 1. The number of nitrogens with one attached hydrogen (secondary N) is 1. The highest BCUT2D eigenvalue weighted by Crippen LogP contribution is 2.31. The molecule has 0 spiro atoms. The average Bonchev–Trinajstić information content (AvgIpc) is 2.38. The van der Waals surface area contributed by atoms with Crippen molar-refractivity contribution in [2.45, 2.75) is 34.6 Å². The highest BCUT2D eigenvalue weighted by Gasteiger charge is 2.23. The zero-order valence-electron chi connectivity index (χ0n) is 13.3. The second-order valence-corrected chi connectivity index (χ2v) is 7.39. The summed E-state index contributed by atoms with van der Waals surface area (Å²) in [7, 11) is 0. The molecule has 1 aromatic carbocycles. The Morgan fingerprint density at radius 2 is 1.90 bits per heavy atom. The molecular weight excluding hydrogens is 290 g/mol. The van der Waals surface area contributed by atoms with Gasteiger partial charge in [0, 0.05) is 21.9 Å². The molecule has 5 heteroatoms. The first-order chi connectivity index (χ1) is 9.55. The SMILES string of the molecule is CC(C)(CO)COc1cc(Cl)ccc1NC(=O)C(C)(C)C. The van der Waals surface area contributed by atoms with Gasteiger partial charge in [0.05, 0.1) is 18.9 Å². The molecule has 1 rings (SSSR count). The third kappa shape index (κ3) is 5.56. The predicted octanol–water partition coefficient (Wildman–Crippen LogP) is 3.72. The van der Waals surface area contributed by atoms with E-state index in [0.29, 0.717) is 23.1 Å². The number of carbonyl (C=O) groups excluding carboxylic acids is 1. The van der Waals surface area contributed by atoms with Crippen LogP contribution < -0.4 is 10.1 Å². The molecule has 0 heterocycles. The standard InChI is InChI=1S/C16H24ClNO3/c1-15(2,3)14(20)18-12-7-6-11(17)8-13(12)21-10-16(4,5)9-19/h6-8,19H,9-10H2,1-5H3,(H,18,20). The Bertz CT molecular complexity index is 507. The van der Waals surface area contributed by atoms with E-state index in [-0.39, 0.29) is 17.9 Å². The fourth-order valence-electron chi connectivity index (χ4n) is 1.35. The molecular formula is C16H24ClNO3. The molecule has 0 aromatic heterocycles. The van der Waals surface area contributed by atoms with E-state index in [1.807, 2.05) is 34.6 Å². The topological polar surface area (TPSA) is 58.6 Å². The summed E-state index contributed by atoms with van der Waals surface area (Å²) in [6, 6.07) is 5.07. The van der Waals surface area contributed by atoms with Crippen LogP contribution >= 0.6 is 11.6 Å². The van der Waals surface area contributed by atoms with Crippen molar-refractivity contribution in [3.05, 3.63) is 23.2 Å². The largest absolute Gasteiger partial charge is 0.491 e. The van der Waals surface area contributed by atoms with Crippen molar-refractivity contribution in [1.29, 1.82) is 0 Å². The van der Waals surface area contributed by atoms with Crippen LogP contribution in [0.1, 0.15) is 34.6 Å². The predicted molar refractivity (Wildman–Crippen MR) is 85.9 cm³/mol. The first kappa shape index (κ1) is 17.8. The smallest absolute Gasteiger partial charge is 0.229 e. The van der Waals surface area contributed by atoms with Crippen molar-refractivity contribution in [2.75, 3.05) is 18.5 Å². The van der Waals surface area contributed by atoms with Crippen LogP contribution in [-0.4, -0.2) is 24.2 Å². The van der Waals surface area contributed by atoms with Crippen LogP contribution in [0.25, 0.3) is 0 Å². The van der Waals surface area contributed by atoms with Gasteiger partial charge in [0.15, 0.2) is 0 Å². The van der Waals surface area contributed by atoms with Crippen LogP contribution in [0.15, 0.2) is 18.2 Å². The molecule has 0 aliphatic carbocycles. The van der Waals surface area contributed by atoms with Crippen molar-refractivity contribution in [3.8, 4) is 5.75 Å². The molecule has 1 amide bonds. The van der Waals surface area contributed by atoms with E-state index in [1.165, 1.54) is 0 Å². The molecule has 0 saturated carbocycles. The van der Waals surface area contributed by atoms with Crippen molar-refractivity contribution in [1.82, 2.24) is 0 Å². The monoisotopic (exact) mass is 313 g/mol. The van der Waals surface area contributed by atoms with Crippen LogP contribution in [0, 0.1) is 10.8 Å². The Balaban J connectivity index is 2.93. The Morgan fingerprint density at radius 1 is 1.29 bits per heavy atom. The molecule has 4 nitrogen and oxygen atoms in total. The third-order valence-corrected chi connectivity index (χ3v) is 3.15. The number of aliphatic hydroxyl groups excluding tert-OH is 1. The van der Waals surface area contributed by atoms with Gasteiger partial charge in [-0.2, -0.15) is 0 Å². The van der Waals surface area contributed by atoms with E-state index in [4.69, 9.17) is 16.3 Å². The Labute approximate surface area is 131 Å². The minimum atomic E-state index is -0.499. The highest BCUT2D eigenvalue weighted by atomic mass is 35.5. The fraction of sp³-hybridized carbons (Fsp3) is 0.562. The minimum absolute atomic E-state index is 0.0112. The summed E-state index contributed by atoms with van der Waals surface area (Å²) in [5.41, 5.74) is -0.289. The second-order valence-electron chi connectivity index (χ2n) is 6.96. The van der Waals surface area contributed by atoms with E-state index in [0.717, 1.165) is 0 Å². The molecule has 0 aliphatic rings. The third-order valence-electron chi connectivity index (χ3n) is 2.92. The molecule has 0 bridgehead atoms. The zero-order valence-corrected chi connectivity index (χ0v) is 14.0. The van der Waals surface area contributed by atoms with E-state index >= 15 is 0 Å². The molecule has 0 fully saturated rings. The molecule has 118 valence electrons. The van der Waals surface area contributed by atoms with Crippen LogP contribution in [0.3, 0.4) is 0 Å². The molecule has 2 N–H and O–H groups in total. The van der Waals surface area contributed by atoms with Crippen LogP contribution in [0.4, 0.5) is 5.69 Å². The lowest BCUT2D eigenvalue weighted by Gasteiger charge is -2.24. The van der Waals surface area contributed by atoms with Gasteiger partial charge in [-0.05, 0) is 12.1 Å². The molecule has 0 unspecified atom stereocenters. The van der Waals surface area contributed by atoms with E-state index < -0.39 is 5.41 Å². The maximum absolute atomic E-state index is 12.1. The Kier molecular flexibility index (Phi) is 5.65. The van der Waals surface area contributed by atoms with Gasteiger partial charge < -0.3 is 15.2 Å². The summed E-state index contributed by atoms with van der Waals surface area (Å²) in [6.45, 7) is 9.64. The number of hydrogen-bond acceptors (Lipinski definition) is 3. The van der Waals surface area contributed by atoms with Gasteiger partial charge in [-0.25, -0.2) is 0 Å². The lowest BCUT2D eigenvalue weighted by atomic mass is 9.95. The fourth-order valence-corrected chi connectivity index (χ4v) is 1.51. The first-order valence-electron chi connectivity index (χ1n) is 6.90. The van der Waals surface area contributed by atoms with Gasteiger partial charge in [-0.3, -0.25) is 4.79 Å². The summed E-state index contributed by atoms with van der Waals surface area (Å²) in [4.78, 5) is 12.1.